The summed E-state index contributed by atoms with van der Waals surface area (Å²) in [4.78, 5) is 0. The Kier molecular flexibility index (Phi) is 6.80. The Morgan fingerprint density at radius 2 is 2.05 bits per heavy atom. The molecule has 0 unspecified atom stereocenters. The van der Waals surface area contributed by atoms with Gasteiger partial charge in [-0.1, -0.05) is 11.6 Å². The monoisotopic (exact) mass is 310 g/mol. The molecule has 21 heavy (non-hydrogen) atoms. The van der Waals surface area contributed by atoms with Gasteiger partial charge in [-0.25, -0.2) is 0 Å². The lowest BCUT2D eigenvalue weighted by Crippen LogP contribution is -2.08. The summed E-state index contributed by atoms with van der Waals surface area (Å²) in [5.74, 6) is 1.15. The Bertz CT molecular complexity index is 510. The van der Waals surface area contributed by atoms with E-state index in [0.717, 1.165) is 24.8 Å². The van der Waals surface area contributed by atoms with E-state index in [2.05, 4.69) is 6.07 Å². The van der Waals surface area contributed by atoms with Crippen LogP contribution in [0.15, 0.2) is 12.1 Å². The van der Waals surface area contributed by atoms with Crippen LogP contribution in [-0.2, 0) is 6.54 Å². The molecule has 0 aromatic heterocycles. The largest absolute Gasteiger partial charge is 0.493 e. The minimum atomic E-state index is -0.280. The highest BCUT2D eigenvalue weighted by Crippen LogP contribution is 2.36. The molecule has 0 radical (unpaired) electrons. The molecule has 1 rings (SSSR count). The third-order valence-corrected chi connectivity index (χ3v) is 3.55. The van der Waals surface area contributed by atoms with Crippen molar-refractivity contribution in [3.05, 3.63) is 22.7 Å². The average Bonchev–Trinajstić information content (AvgIpc) is 2.47. The van der Waals surface area contributed by atoms with Crippen LogP contribution in [0.3, 0.4) is 0 Å². The van der Waals surface area contributed by atoms with Crippen molar-refractivity contribution in [3.8, 4) is 17.6 Å². The van der Waals surface area contributed by atoms with Crippen LogP contribution in [0.4, 0.5) is 0 Å². The summed E-state index contributed by atoms with van der Waals surface area (Å²) in [7, 11) is 1.58. The standard InChI is InChI=1S/C16H23ClN2O2/c1-16(2,11-19)6-4-5-7-21-15-13(17)8-12(10-18)9-14(15)20-3/h8-9H,4-7,10,18H2,1-3H3. The Morgan fingerprint density at radius 1 is 1.33 bits per heavy atom. The first-order valence-corrected chi connectivity index (χ1v) is 7.42. The van der Waals surface area contributed by atoms with E-state index in [-0.39, 0.29) is 5.41 Å². The molecule has 0 aliphatic carbocycles. The van der Waals surface area contributed by atoms with Gasteiger partial charge in [0, 0.05) is 6.54 Å². The second kappa shape index (κ2) is 8.11. The van der Waals surface area contributed by atoms with Crippen molar-refractivity contribution < 1.29 is 9.47 Å². The van der Waals surface area contributed by atoms with E-state index in [1.165, 1.54) is 0 Å². The fourth-order valence-electron chi connectivity index (χ4n) is 1.93. The normalized spacial score (nSPS) is 11.0. The van der Waals surface area contributed by atoms with Gasteiger partial charge < -0.3 is 15.2 Å². The molecule has 0 bridgehead atoms. The Hall–Kier alpha value is -1.44. The molecule has 0 saturated heterocycles. The van der Waals surface area contributed by atoms with Gasteiger partial charge >= 0.3 is 0 Å². The van der Waals surface area contributed by atoms with Gasteiger partial charge in [0.1, 0.15) is 0 Å². The molecular weight excluding hydrogens is 288 g/mol. The quantitative estimate of drug-likeness (QED) is 0.739. The fraction of sp³-hybridized carbons (Fsp3) is 0.562. The zero-order valence-corrected chi connectivity index (χ0v) is 13.7. The molecular formula is C16H23ClN2O2. The van der Waals surface area contributed by atoms with Crippen LogP contribution in [0, 0.1) is 16.7 Å². The van der Waals surface area contributed by atoms with Gasteiger partial charge in [0.2, 0.25) is 0 Å². The van der Waals surface area contributed by atoms with Crippen LogP contribution in [0.25, 0.3) is 0 Å². The Labute approximate surface area is 131 Å². The third-order valence-electron chi connectivity index (χ3n) is 3.27. The maximum Gasteiger partial charge on any atom is 0.179 e. The molecule has 1 aromatic carbocycles. The van der Waals surface area contributed by atoms with Gasteiger partial charge in [-0.2, -0.15) is 5.26 Å². The summed E-state index contributed by atoms with van der Waals surface area (Å²) in [6.45, 7) is 4.83. The van der Waals surface area contributed by atoms with Crippen molar-refractivity contribution in [3.63, 3.8) is 0 Å². The third kappa shape index (κ3) is 5.45. The number of benzene rings is 1. The lowest BCUT2D eigenvalue weighted by molar-refractivity contribution is 0.278. The van der Waals surface area contributed by atoms with Gasteiger partial charge in [0.05, 0.1) is 30.2 Å². The molecule has 0 saturated carbocycles. The van der Waals surface area contributed by atoms with Crippen molar-refractivity contribution in [1.82, 2.24) is 0 Å². The van der Waals surface area contributed by atoms with E-state index >= 15 is 0 Å². The van der Waals surface area contributed by atoms with Crippen LogP contribution >= 0.6 is 11.6 Å². The van der Waals surface area contributed by atoms with Crippen LogP contribution in [0.5, 0.6) is 11.5 Å². The molecule has 0 heterocycles. The molecule has 4 nitrogen and oxygen atoms in total. The lowest BCUT2D eigenvalue weighted by Gasteiger charge is -2.16. The molecule has 0 aliphatic heterocycles. The van der Waals surface area contributed by atoms with Crippen LogP contribution in [0.2, 0.25) is 5.02 Å². The maximum atomic E-state index is 8.96. The number of nitrogens with zero attached hydrogens (tertiary/aromatic N) is 1. The smallest absolute Gasteiger partial charge is 0.179 e. The van der Waals surface area contributed by atoms with E-state index in [4.69, 9.17) is 32.1 Å². The number of hydrogen-bond acceptors (Lipinski definition) is 4. The number of nitriles is 1. The zero-order chi connectivity index (χ0) is 15.9. The summed E-state index contributed by atoms with van der Waals surface area (Å²) in [5, 5.41) is 9.46. The SMILES string of the molecule is COc1cc(CN)cc(Cl)c1OCCCCC(C)(C)C#N. The number of hydrogen-bond donors (Lipinski definition) is 1. The lowest BCUT2D eigenvalue weighted by atomic mass is 9.89. The summed E-state index contributed by atoms with van der Waals surface area (Å²) in [5.41, 5.74) is 6.23. The van der Waals surface area contributed by atoms with Crippen molar-refractivity contribution in [2.75, 3.05) is 13.7 Å². The van der Waals surface area contributed by atoms with Crippen LogP contribution in [0.1, 0.15) is 38.7 Å². The highest BCUT2D eigenvalue weighted by atomic mass is 35.5. The van der Waals surface area contributed by atoms with E-state index in [0.29, 0.717) is 29.7 Å². The number of ether oxygens (including phenoxy) is 2. The van der Waals surface area contributed by atoms with Crippen LogP contribution in [-0.4, -0.2) is 13.7 Å². The number of rotatable bonds is 8. The van der Waals surface area contributed by atoms with E-state index in [9.17, 15) is 0 Å². The maximum absolute atomic E-state index is 8.96. The molecule has 5 heteroatoms. The predicted octanol–water partition coefficient (Wildman–Crippen LogP) is 3.91. The van der Waals surface area contributed by atoms with Crippen molar-refractivity contribution in [2.45, 2.75) is 39.7 Å². The van der Waals surface area contributed by atoms with Gasteiger partial charge in [-0.05, 0) is 50.8 Å². The molecule has 0 amide bonds. The first-order chi connectivity index (χ1) is 9.93. The molecule has 0 atom stereocenters. The van der Waals surface area contributed by atoms with Crippen molar-refractivity contribution in [2.24, 2.45) is 11.1 Å². The Morgan fingerprint density at radius 3 is 2.62 bits per heavy atom. The highest BCUT2D eigenvalue weighted by Gasteiger charge is 2.16. The van der Waals surface area contributed by atoms with Gasteiger partial charge in [-0.15, -0.1) is 0 Å². The Balaban J connectivity index is 2.54. The van der Waals surface area contributed by atoms with Crippen molar-refractivity contribution >= 4 is 11.6 Å². The summed E-state index contributed by atoms with van der Waals surface area (Å²) >= 11 is 6.20. The van der Waals surface area contributed by atoms with E-state index in [1.54, 1.807) is 13.2 Å². The predicted molar refractivity (Wildman–Crippen MR) is 84.6 cm³/mol. The van der Waals surface area contributed by atoms with E-state index in [1.807, 2.05) is 19.9 Å². The minimum Gasteiger partial charge on any atom is -0.493 e. The topological polar surface area (TPSA) is 68.3 Å². The zero-order valence-electron chi connectivity index (χ0n) is 12.9. The summed E-state index contributed by atoms with van der Waals surface area (Å²) in [6, 6.07) is 5.92. The first-order valence-electron chi connectivity index (χ1n) is 7.04. The number of nitrogens with two attached hydrogens (primary N) is 1. The molecule has 116 valence electrons. The van der Waals surface area contributed by atoms with Crippen molar-refractivity contribution in [1.29, 1.82) is 5.26 Å². The second-order valence-corrected chi connectivity index (χ2v) is 6.02. The number of halogens is 1. The summed E-state index contributed by atoms with van der Waals surface area (Å²) < 4.78 is 11.0. The van der Waals surface area contributed by atoms with Gasteiger partial charge in [0.25, 0.3) is 0 Å². The summed E-state index contributed by atoms with van der Waals surface area (Å²) in [6.07, 6.45) is 2.65. The van der Waals surface area contributed by atoms with Gasteiger partial charge in [-0.3, -0.25) is 0 Å². The number of unbranched alkanes of at least 4 members (excludes halogenated alkanes) is 1. The van der Waals surface area contributed by atoms with Gasteiger partial charge in [0.15, 0.2) is 11.5 Å². The highest BCUT2D eigenvalue weighted by molar-refractivity contribution is 6.32. The van der Waals surface area contributed by atoms with Crippen LogP contribution < -0.4 is 15.2 Å². The molecule has 0 spiro atoms. The molecule has 0 aliphatic rings. The van der Waals surface area contributed by atoms with E-state index < -0.39 is 0 Å². The number of methoxy groups -OCH3 is 1. The first kappa shape index (κ1) is 17.6. The average molecular weight is 311 g/mol. The second-order valence-electron chi connectivity index (χ2n) is 5.61. The molecule has 0 fully saturated rings. The fourth-order valence-corrected chi connectivity index (χ4v) is 2.22. The molecule has 2 N–H and O–H groups in total. The molecule has 1 aromatic rings. The minimum absolute atomic E-state index is 0.280.